The summed E-state index contributed by atoms with van der Waals surface area (Å²) in [5, 5.41) is 6.83. The summed E-state index contributed by atoms with van der Waals surface area (Å²) in [5.41, 5.74) is 4.81. The van der Waals surface area contributed by atoms with Crippen molar-refractivity contribution >= 4 is 11.6 Å². The van der Waals surface area contributed by atoms with Crippen molar-refractivity contribution in [2.75, 3.05) is 44.9 Å². The number of benzene rings is 2. The van der Waals surface area contributed by atoms with Gasteiger partial charge in [-0.05, 0) is 42.7 Å². The van der Waals surface area contributed by atoms with E-state index in [2.05, 4.69) is 82.1 Å². The first-order valence-electron chi connectivity index (χ1n) is 11.4. The molecule has 4 rings (SSSR count). The van der Waals surface area contributed by atoms with Gasteiger partial charge in [0.2, 0.25) is 0 Å². The number of nitrogens with one attached hydrogen (secondary N) is 2. The minimum Gasteiger partial charge on any atom is -0.493 e. The SMILES string of the molecule is CN=C(NCc1ccc(N2CC=CC2)cc1)NCc1ccc(C)cc1OCC1CCOC1. The third kappa shape index (κ3) is 6.04. The van der Waals surface area contributed by atoms with Crippen LogP contribution in [-0.2, 0) is 17.8 Å². The molecule has 6 heteroatoms. The lowest BCUT2D eigenvalue weighted by Gasteiger charge is -2.18. The largest absolute Gasteiger partial charge is 0.493 e. The maximum absolute atomic E-state index is 6.16. The number of hydrogen-bond acceptors (Lipinski definition) is 4. The van der Waals surface area contributed by atoms with Crippen LogP contribution < -0.4 is 20.3 Å². The summed E-state index contributed by atoms with van der Waals surface area (Å²) >= 11 is 0. The van der Waals surface area contributed by atoms with Crippen molar-refractivity contribution in [1.29, 1.82) is 0 Å². The minimum atomic E-state index is 0.485. The minimum absolute atomic E-state index is 0.485. The molecule has 170 valence electrons. The van der Waals surface area contributed by atoms with Gasteiger partial charge in [-0.25, -0.2) is 0 Å². The van der Waals surface area contributed by atoms with Gasteiger partial charge in [0.1, 0.15) is 5.75 Å². The van der Waals surface area contributed by atoms with Gasteiger partial charge in [-0.3, -0.25) is 4.99 Å². The molecule has 2 N–H and O–H groups in total. The van der Waals surface area contributed by atoms with Gasteiger partial charge in [0.25, 0.3) is 0 Å². The highest BCUT2D eigenvalue weighted by Gasteiger charge is 2.17. The molecule has 2 aliphatic heterocycles. The number of rotatable bonds is 8. The molecule has 0 spiro atoms. The number of aliphatic imine (C=N–C) groups is 1. The molecule has 2 aromatic rings. The van der Waals surface area contributed by atoms with Gasteiger partial charge in [-0.1, -0.05) is 36.4 Å². The van der Waals surface area contributed by atoms with Crippen LogP contribution in [0.2, 0.25) is 0 Å². The highest BCUT2D eigenvalue weighted by Crippen LogP contribution is 2.23. The number of guanidine groups is 1. The molecule has 1 unspecified atom stereocenters. The first-order valence-corrected chi connectivity index (χ1v) is 11.4. The fraction of sp³-hybridized carbons (Fsp3) is 0.423. The molecular weight excluding hydrogens is 400 g/mol. The summed E-state index contributed by atoms with van der Waals surface area (Å²) < 4.78 is 11.6. The molecule has 6 nitrogen and oxygen atoms in total. The van der Waals surface area contributed by atoms with Crippen molar-refractivity contribution in [3.8, 4) is 5.75 Å². The highest BCUT2D eigenvalue weighted by molar-refractivity contribution is 5.79. The number of nitrogens with zero attached hydrogens (tertiary/aromatic N) is 2. The van der Waals surface area contributed by atoms with Crippen molar-refractivity contribution in [2.45, 2.75) is 26.4 Å². The Kier molecular flexibility index (Phi) is 7.67. The summed E-state index contributed by atoms with van der Waals surface area (Å²) in [4.78, 5) is 6.72. The summed E-state index contributed by atoms with van der Waals surface area (Å²) in [6.07, 6.45) is 5.49. The molecule has 0 saturated carbocycles. The van der Waals surface area contributed by atoms with E-state index >= 15 is 0 Å². The van der Waals surface area contributed by atoms with Gasteiger partial charge in [0.15, 0.2) is 5.96 Å². The van der Waals surface area contributed by atoms with E-state index in [1.807, 2.05) is 0 Å². The van der Waals surface area contributed by atoms with Crippen LogP contribution in [0.25, 0.3) is 0 Å². The molecule has 0 bridgehead atoms. The van der Waals surface area contributed by atoms with E-state index in [0.717, 1.165) is 56.5 Å². The lowest BCUT2D eigenvalue weighted by molar-refractivity contribution is 0.166. The van der Waals surface area contributed by atoms with E-state index in [0.29, 0.717) is 19.1 Å². The Morgan fingerprint density at radius 3 is 2.59 bits per heavy atom. The molecule has 0 aliphatic carbocycles. The monoisotopic (exact) mass is 434 g/mol. The maximum atomic E-state index is 6.16. The lowest BCUT2D eigenvalue weighted by Crippen LogP contribution is -2.36. The standard InChI is InChI=1S/C26H34N4O2/c1-20-5-8-23(25(15-20)32-19-22-11-14-31-18-22)17-29-26(27-2)28-16-21-6-9-24(10-7-21)30-12-3-4-13-30/h3-10,15,22H,11-14,16-19H2,1-2H3,(H2,27,28,29). The molecule has 2 aliphatic rings. The Balaban J connectivity index is 1.28. The van der Waals surface area contributed by atoms with Crippen LogP contribution in [0, 0.1) is 12.8 Å². The van der Waals surface area contributed by atoms with Crippen LogP contribution in [-0.4, -0.2) is 45.9 Å². The zero-order valence-electron chi connectivity index (χ0n) is 19.1. The zero-order chi connectivity index (χ0) is 22.2. The Hall–Kier alpha value is -2.99. The number of aryl methyl sites for hydroxylation is 1. The topological polar surface area (TPSA) is 58.1 Å². The Bertz CT molecular complexity index is 925. The first-order chi connectivity index (χ1) is 15.7. The van der Waals surface area contributed by atoms with Crippen molar-refractivity contribution in [2.24, 2.45) is 10.9 Å². The third-order valence-electron chi connectivity index (χ3n) is 5.97. The zero-order valence-corrected chi connectivity index (χ0v) is 19.1. The van der Waals surface area contributed by atoms with Gasteiger partial charge >= 0.3 is 0 Å². The van der Waals surface area contributed by atoms with Crippen molar-refractivity contribution in [1.82, 2.24) is 10.6 Å². The number of hydrogen-bond donors (Lipinski definition) is 2. The van der Waals surface area contributed by atoms with Crippen LogP contribution in [0.5, 0.6) is 5.75 Å². The molecule has 0 amide bonds. The normalized spacial score (nSPS) is 18.2. The van der Waals surface area contributed by atoms with Gasteiger partial charge in [0, 0.05) is 57.0 Å². The van der Waals surface area contributed by atoms with Crippen LogP contribution >= 0.6 is 0 Å². The van der Waals surface area contributed by atoms with E-state index in [1.54, 1.807) is 7.05 Å². The smallest absolute Gasteiger partial charge is 0.191 e. The average molecular weight is 435 g/mol. The van der Waals surface area contributed by atoms with Crippen LogP contribution in [0.3, 0.4) is 0 Å². The quantitative estimate of drug-likeness (QED) is 0.377. The van der Waals surface area contributed by atoms with Gasteiger partial charge < -0.3 is 25.0 Å². The third-order valence-corrected chi connectivity index (χ3v) is 5.97. The van der Waals surface area contributed by atoms with E-state index in [1.165, 1.54) is 16.8 Å². The second-order valence-electron chi connectivity index (χ2n) is 8.47. The first kappa shape index (κ1) is 22.2. The number of ether oxygens (including phenoxy) is 2. The van der Waals surface area contributed by atoms with E-state index in [9.17, 15) is 0 Å². The summed E-state index contributed by atoms with van der Waals surface area (Å²) in [5.74, 6) is 2.19. The molecule has 32 heavy (non-hydrogen) atoms. The molecular formula is C26H34N4O2. The van der Waals surface area contributed by atoms with E-state index < -0.39 is 0 Å². The molecule has 1 atom stereocenters. The molecule has 2 heterocycles. The molecule has 1 fully saturated rings. The predicted molar refractivity (Wildman–Crippen MR) is 130 cm³/mol. The average Bonchev–Trinajstić information content (AvgIpc) is 3.54. The highest BCUT2D eigenvalue weighted by atomic mass is 16.5. The molecule has 0 radical (unpaired) electrons. The lowest BCUT2D eigenvalue weighted by atomic mass is 10.1. The van der Waals surface area contributed by atoms with Crippen molar-refractivity contribution < 1.29 is 9.47 Å². The summed E-state index contributed by atoms with van der Waals surface area (Å²) in [7, 11) is 1.80. The Morgan fingerprint density at radius 1 is 1.09 bits per heavy atom. The molecule has 2 aromatic carbocycles. The van der Waals surface area contributed by atoms with Crippen molar-refractivity contribution in [3.63, 3.8) is 0 Å². The Labute approximate surface area is 191 Å². The number of anilines is 1. The fourth-order valence-electron chi connectivity index (χ4n) is 3.96. The van der Waals surface area contributed by atoms with Crippen LogP contribution in [0.4, 0.5) is 5.69 Å². The van der Waals surface area contributed by atoms with Gasteiger partial charge in [0.05, 0.1) is 13.2 Å². The molecule has 0 aromatic heterocycles. The molecule has 1 saturated heterocycles. The van der Waals surface area contributed by atoms with Crippen LogP contribution in [0.1, 0.15) is 23.1 Å². The van der Waals surface area contributed by atoms with Gasteiger partial charge in [-0.15, -0.1) is 0 Å². The fourth-order valence-corrected chi connectivity index (χ4v) is 3.96. The van der Waals surface area contributed by atoms with Gasteiger partial charge in [-0.2, -0.15) is 0 Å². The van der Waals surface area contributed by atoms with Crippen molar-refractivity contribution in [3.05, 3.63) is 71.3 Å². The summed E-state index contributed by atoms with van der Waals surface area (Å²) in [6, 6.07) is 15.1. The summed E-state index contributed by atoms with van der Waals surface area (Å²) in [6.45, 7) is 7.79. The Morgan fingerprint density at radius 2 is 1.88 bits per heavy atom. The predicted octanol–water partition coefficient (Wildman–Crippen LogP) is 3.65. The second kappa shape index (κ2) is 11.0. The van der Waals surface area contributed by atoms with E-state index in [4.69, 9.17) is 9.47 Å². The van der Waals surface area contributed by atoms with Crippen LogP contribution in [0.15, 0.2) is 59.6 Å². The van der Waals surface area contributed by atoms with E-state index in [-0.39, 0.29) is 0 Å². The second-order valence-corrected chi connectivity index (χ2v) is 8.47. The maximum Gasteiger partial charge on any atom is 0.191 e.